The summed E-state index contributed by atoms with van der Waals surface area (Å²) in [6.07, 6.45) is 5.64. The normalized spacial score (nSPS) is 14.2. The van der Waals surface area contributed by atoms with E-state index in [0.29, 0.717) is 12.5 Å². The number of aromatic nitrogens is 2. The second-order valence-electron chi connectivity index (χ2n) is 4.99. The highest BCUT2D eigenvalue weighted by Crippen LogP contribution is 2.15. The third kappa shape index (κ3) is 4.20. The van der Waals surface area contributed by atoms with Crippen molar-refractivity contribution >= 4 is 35.6 Å². The summed E-state index contributed by atoms with van der Waals surface area (Å²) < 4.78 is 2.23. The first-order valence-electron chi connectivity index (χ1n) is 6.98. The lowest BCUT2D eigenvalue weighted by atomic mass is 10.2. The van der Waals surface area contributed by atoms with Gasteiger partial charge in [0.1, 0.15) is 5.82 Å². The van der Waals surface area contributed by atoms with E-state index in [2.05, 4.69) is 26.1 Å². The molecule has 112 valence electrons. The van der Waals surface area contributed by atoms with E-state index in [1.807, 2.05) is 30.3 Å². The van der Waals surface area contributed by atoms with E-state index in [-0.39, 0.29) is 24.0 Å². The van der Waals surface area contributed by atoms with Gasteiger partial charge in [-0.15, -0.1) is 24.0 Å². The zero-order valence-electron chi connectivity index (χ0n) is 11.8. The quantitative estimate of drug-likeness (QED) is 0.476. The van der Waals surface area contributed by atoms with Crippen molar-refractivity contribution in [3.05, 3.63) is 48.0 Å². The molecule has 2 heterocycles. The Morgan fingerprint density at radius 3 is 2.86 bits per heavy atom. The predicted molar refractivity (Wildman–Crippen MR) is 96.0 cm³/mol. The zero-order valence-corrected chi connectivity index (χ0v) is 14.2. The number of aliphatic imine (C=N–C) groups is 1. The van der Waals surface area contributed by atoms with E-state index >= 15 is 0 Å². The molecule has 1 aliphatic heterocycles. The van der Waals surface area contributed by atoms with E-state index in [0.717, 1.165) is 24.3 Å². The number of halogens is 1. The van der Waals surface area contributed by atoms with Crippen LogP contribution in [0.2, 0.25) is 0 Å². The van der Waals surface area contributed by atoms with Crippen molar-refractivity contribution in [3.8, 4) is 0 Å². The maximum atomic E-state index is 5.88. The van der Waals surface area contributed by atoms with Crippen LogP contribution in [-0.2, 0) is 19.5 Å². The highest BCUT2D eigenvalue weighted by Gasteiger charge is 2.11. The Labute approximate surface area is 141 Å². The van der Waals surface area contributed by atoms with Crippen LogP contribution >= 0.6 is 24.0 Å². The van der Waals surface area contributed by atoms with Gasteiger partial charge in [-0.2, -0.15) is 0 Å². The number of guanidine groups is 1. The molecule has 0 aliphatic carbocycles. The monoisotopic (exact) mass is 397 g/mol. The fraction of sp³-hybridized carbons (Fsp3) is 0.333. The van der Waals surface area contributed by atoms with Gasteiger partial charge in [-0.1, -0.05) is 18.2 Å². The number of aryl methyl sites for hydroxylation is 2. The van der Waals surface area contributed by atoms with Crippen molar-refractivity contribution in [1.29, 1.82) is 0 Å². The van der Waals surface area contributed by atoms with E-state index in [4.69, 9.17) is 5.73 Å². The molecule has 3 rings (SSSR count). The Kier molecular flexibility index (Phi) is 5.60. The Balaban J connectivity index is 0.00000161. The molecule has 5 nitrogen and oxygen atoms in total. The number of nitrogens with zero attached hydrogens (tertiary/aromatic N) is 3. The lowest BCUT2D eigenvalue weighted by Gasteiger charge is -2.11. The highest BCUT2D eigenvalue weighted by atomic mass is 127. The van der Waals surface area contributed by atoms with Gasteiger partial charge in [-0.25, -0.2) is 9.98 Å². The number of hydrogen-bond acceptors (Lipinski definition) is 2. The Morgan fingerprint density at radius 1 is 1.29 bits per heavy atom. The molecule has 0 amide bonds. The minimum absolute atomic E-state index is 0. The first kappa shape index (κ1) is 15.8. The van der Waals surface area contributed by atoms with Gasteiger partial charge in [0.05, 0.1) is 12.2 Å². The summed E-state index contributed by atoms with van der Waals surface area (Å²) >= 11 is 0. The fourth-order valence-corrected chi connectivity index (χ4v) is 2.42. The van der Waals surface area contributed by atoms with Crippen molar-refractivity contribution in [2.45, 2.75) is 32.4 Å². The van der Waals surface area contributed by atoms with Crippen LogP contribution in [0.25, 0.3) is 0 Å². The van der Waals surface area contributed by atoms with Crippen molar-refractivity contribution in [2.75, 3.05) is 5.32 Å². The van der Waals surface area contributed by atoms with Crippen LogP contribution in [0.1, 0.15) is 24.4 Å². The second kappa shape index (κ2) is 7.44. The third-order valence-electron chi connectivity index (χ3n) is 3.42. The molecule has 0 unspecified atom stereocenters. The molecule has 2 aromatic rings. The first-order valence-corrected chi connectivity index (χ1v) is 6.98. The van der Waals surface area contributed by atoms with E-state index in [9.17, 15) is 0 Å². The van der Waals surface area contributed by atoms with Gasteiger partial charge < -0.3 is 15.6 Å². The SMILES string of the molecule is I.NC(=NCc1cn2c(n1)CCCC2)Nc1ccccc1. The number of benzene rings is 1. The van der Waals surface area contributed by atoms with Crippen molar-refractivity contribution < 1.29 is 0 Å². The number of fused-ring (bicyclic) bond motifs is 1. The van der Waals surface area contributed by atoms with Crippen LogP contribution in [0.15, 0.2) is 41.5 Å². The molecule has 0 saturated carbocycles. The number of para-hydroxylation sites is 1. The van der Waals surface area contributed by atoms with Gasteiger partial charge in [-0.05, 0) is 25.0 Å². The average Bonchev–Trinajstić information content (AvgIpc) is 2.89. The minimum Gasteiger partial charge on any atom is -0.370 e. The summed E-state index contributed by atoms with van der Waals surface area (Å²) in [5.74, 6) is 1.60. The molecule has 0 bridgehead atoms. The fourth-order valence-electron chi connectivity index (χ4n) is 2.42. The second-order valence-corrected chi connectivity index (χ2v) is 4.99. The lowest BCUT2D eigenvalue weighted by molar-refractivity contribution is 0.522. The Bertz CT molecular complexity index is 582. The van der Waals surface area contributed by atoms with Crippen LogP contribution < -0.4 is 11.1 Å². The maximum Gasteiger partial charge on any atom is 0.193 e. The molecule has 0 fully saturated rings. The van der Waals surface area contributed by atoms with Crippen molar-refractivity contribution in [2.24, 2.45) is 10.7 Å². The molecule has 1 aromatic heterocycles. The van der Waals surface area contributed by atoms with Gasteiger partial charge in [0.2, 0.25) is 0 Å². The largest absolute Gasteiger partial charge is 0.370 e. The summed E-state index contributed by atoms with van der Waals surface area (Å²) in [5, 5.41) is 3.07. The molecule has 0 radical (unpaired) electrons. The summed E-state index contributed by atoms with van der Waals surface area (Å²) in [5.41, 5.74) is 7.81. The number of rotatable bonds is 3. The third-order valence-corrected chi connectivity index (χ3v) is 3.42. The predicted octanol–water partition coefficient (Wildman–Crippen LogP) is 2.76. The van der Waals surface area contributed by atoms with Crippen molar-refractivity contribution in [1.82, 2.24) is 9.55 Å². The number of hydrogen-bond donors (Lipinski definition) is 2. The number of imidazole rings is 1. The summed E-state index contributed by atoms with van der Waals surface area (Å²) in [6, 6.07) is 9.79. The topological polar surface area (TPSA) is 68.2 Å². The average molecular weight is 397 g/mol. The lowest BCUT2D eigenvalue weighted by Crippen LogP contribution is -2.22. The first-order chi connectivity index (χ1) is 9.81. The van der Waals surface area contributed by atoms with E-state index < -0.39 is 0 Å². The van der Waals surface area contributed by atoms with Crippen LogP contribution in [0.3, 0.4) is 0 Å². The summed E-state index contributed by atoms with van der Waals surface area (Å²) in [7, 11) is 0. The van der Waals surface area contributed by atoms with Gasteiger partial charge in [0.25, 0.3) is 0 Å². The Morgan fingerprint density at radius 2 is 2.10 bits per heavy atom. The summed E-state index contributed by atoms with van der Waals surface area (Å²) in [4.78, 5) is 8.94. The number of anilines is 1. The molecule has 1 aromatic carbocycles. The zero-order chi connectivity index (χ0) is 13.8. The van der Waals surface area contributed by atoms with Gasteiger partial charge >= 0.3 is 0 Å². The van der Waals surface area contributed by atoms with Crippen LogP contribution in [0.5, 0.6) is 0 Å². The maximum absolute atomic E-state index is 5.88. The Hall–Kier alpha value is -1.57. The van der Waals surface area contributed by atoms with Crippen LogP contribution in [0.4, 0.5) is 5.69 Å². The molecule has 1 aliphatic rings. The standard InChI is InChI=1S/C15H19N5.HI/c16-15(19-12-6-2-1-3-7-12)17-10-13-11-20-9-5-4-8-14(20)18-13;/h1-3,6-7,11H,4-5,8-10H2,(H3,16,17,19);1H. The number of nitrogens with one attached hydrogen (secondary N) is 1. The highest BCUT2D eigenvalue weighted by molar-refractivity contribution is 14.0. The van der Waals surface area contributed by atoms with Gasteiger partial charge in [-0.3, -0.25) is 0 Å². The molecule has 3 N–H and O–H groups in total. The van der Waals surface area contributed by atoms with Crippen molar-refractivity contribution in [3.63, 3.8) is 0 Å². The summed E-state index contributed by atoms with van der Waals surface area (Å²) in [6.45, 7) is 1.59. The van der Waals surface area contributed by atoms with Crippen LogP contribution in [0, 0.1) is 0 Å². The number of nitrogens with two attached hydrogens (primary N) is 1. The smallest absolute Gasteiger partial charge is 0.193 e. The van der Waals surface area contributed by atoms with Gasteiger partial charge in [0.15, 0.2) is 5.96 Å². The molecule has 21 heavy (non-hydrogen) atoms. The van der Waals surface area contributed by atoms with E-state index in [1.54, 1.807) is 0 Å². The molecule has 0 atom stereocenters. The minimum atomic E-state index is 0. The van der Waals surface area contributed by atoms with Gasteiger partial charge in [0, 0.05) is 24.8 Å². The molecular weight excluding hydrogens is 377 g/mol. The molecule has 0 spiro atoms. The van der Waals surface area contributed by atoms with E-state index in [1.165, 1.54) is 18.7 Å². The van der Waals surface area contributed by atoms with Crippen LogP contribution in [-0.4, -0.2) is 15.5 Å². The molecule has 6 heteroatoms. The molecule has 0 saturated heterocycles. The molecular formula is C15H20IN5.